The van der Waals surface area contributed by atoms with Gasteiger partial charge in [-0.05, 0) is 53.2 Å². The molecule has 0 saturated heterocycles. The van der Waals surface area contributed by atoms with Crippen molar-refractivity contribution < 1.29 is 0 Å². The first-order chi connectivity index (χ1) is 18.8. The molecular weight excluding hydrogens is 462 g/mol. The summed E-state index contributed by atoms with van der Waals surface area (Å²) in [5.74, 6) is 0. The molecule has 0 amide bonds. The molecular formula is C35H21N3. The second-order valence-electron chi connectivity index (χ2n) is 10.1. The van der Waals surface area contributed by atoms with Gasteiger partial charge >= 0.3 is 0 Å². The van der Waals surface area contributed by atoms with Crippen molar-refractivity contribution in [3.05, 3.63) is 128 Å². The standard InChI is InChI=1S/C35H21N3/c1-3-13-32-28(11-1)30-15-16-31-29-12-2-4-14-33(29)38-27-10-6-8-23(19-27)25-17-24(20-36-21-25)22-7-5-9-26(18-22)37(32)34(30)35(31)38/h1-21H. The Bertz CT molecular complexity index is 2290. The zero-order valence-corrected chi connectivity index (χ0v) is 20.5. The Morgan fingerprint density at radius 2 is 0.895 bits per heavy atom. The molecule has 3 nitrogen and oxygen atoms in total. The number of hydrogen-bond donors (Lipinski definition) is 0. The van der Waals surface area contributed by atoms with Crippen LogP contribution in [0, 0.1) is 0 Å². The van der Waals surface area contributed by atoms with E-state index < -0.39 is 0 Å². The van der Waals surface area contributed by atoms with Crippen LogP contribution in [0.1, 0.15) is 0 Å². The molecule has 0 fully saturated rings. The number of fused-ring (bicyclic) bond motifs is 16. The van der Waals surface area contributed by atoms with E-state index >= 15 is 0 Å². The van der Waals surface area contributed by atoms with E-state index in [0.29, 0.717) is 0 Å². The zero-order chi connectivity index (χ0) is 24.8. The summed E-state index contributed by atoms with van der Waals surface area (Å²) in [7, 11) is 0. The number of hydrogen-bond acceptors (Lipinski definition) is 1. The van der Waals surface area contributed by atoms with Crippen LogP contribution in [0.3, 0.4) is 0 Å². The predicted octanol–water partition coefficient (Wildman–Crippen LogP) is 9.07. The lowest BCUT2D eigenvalue weighted by molar-refractivity contribution is 1.30. The third-order valence-electron chi connectivity index (χ3n) is 8.08. The van der Waals surface area contributed by atoms with Crippen molar-refractivity contribution in [3.63, 3.8) is 0 Å². The van der Waals surface area contributed by atoms with Gasteiger partial charge in [-0.3, -0.25) is 4.98 Å². The van der Waals surface area contributed by atoms with E-state index in [1.54, 1.807) is 0 Å². The fraction of sp³-hybridized carbons (Fsp3) is 0. The lowest BCUT2D eigenvalue weighted by atomic mass is 10.1. The number of rotatable bonds is 0. The first kappa shape index (κ1) is 20.0. The molecule has 0 atom stereocenters. The smallest absolute Gasteiger partial charge is 0.0788 e. The second kappa shape index (κ2) is 7.21. The number of aromatic nitrogens is 3. The fourth-order valence-electron chi connectivity index (χ4n) is 6.44. The minimum absolute atomic E-state index is 1.12. The minimum Gasteiger partial charge on any atom is -0.307 e. The maximum absolute atomic E-state index is 4.65. The molecule has 176 valence electrons. The number of pyridine rings is 1. The van der Waals surface area contributed by atoms with Crippen LogP contribution in [0.2, 0.25) is 0 Å². The lowest BCUT2D eigenvalue weighted by Gasteiger charge is -2.05. The van der Waals surface area contributed by atoms with Crippen LogP contribution in [0.5, 0.6) is 0 Å². The lowest BCUT2D eigenvalue weighted by Crippen LogP contribution is -1.89. The SMILES string of the molecule is c1ccc2c(c1)c1ccc3c4ccccc4n4c5cccc(c5)c5cncc(c5)c5cccc(c5)n2c1c34. The Morgan fingerprint density at radius 3 is 1.42 bits per heavy atom. The molecule has 0 aliphatic carbocycles. The van der Waals surface area contributed by atoms with E-state index in [4.69, 9.17) is 0 Å². The summed E-state index contributed by atoms with van der Waals surface area (Å²) in [6, 6.07) is 42.1. The van der Waals surface area contributed by atoms with Crippen molar-refractivity contribution in [1.82, 2.24) is 13.8 Å². The molecule has 5 aromatic carbocycles. The molecule has 0 saturated carbocycles. The first-order valence-corrected chi connectivity index (χ1v) is 13.0. The molecule has 6 bridgehead atoms. The van der Waals surface area contributed by atoms with Crippen molar-refractivity contribution >= 4 is 76.2 Å². The van der Waals surface area contributed by atoms with Gasteiger partial charge in [0.2, 0.25) is 0 Å². The molecule has 0 aliphatic heterocycles. The van der Waals surface area contributed by atoms with Gasteiger partial charge < -0.3 is 8.80 Å². The van der Waals surface area contributed by atoms with Gasteiger partial charge in [0.05, 0.1) is 22.1 Å². The van der Waals surface area contributed by atoms with Gasteiger partial charge in [-0.2, -0.15) is 0 Å². The Kier molecular flexibility index (Phi) is 3.79. The van der Waals surface area contributed by atoms with E-state index in [1.807, 2.05) is 12.4 Å². The van der Waals surface area contributed by atoms with Gasteiger partial charge in [0.15, 0.2) is 0 Å². The topological polar surface area (TPSA) is 21.7 Å². The van der Waals surface area contributed by atoms with Crippen molar-refractivity contribution in [2.45, 2.75) is 0 Å². The molecule has 38 heavy (non-hydrogen) atoms. The molecule has 0 radical (unpaired) electrons. The molecule has 4 heterocycles. The summed E-state index contributed by atoms with van der Waals surface area (Å²) >= 11 is 0. The Morgan fingerprint density at radius 1 is 0.395 bits per heavy atom. The summed E-state index contributed by atoms with van der Waals surface area (Å²) in [5, 5.41) is 9.59. The van der Waals surface area contributed by atoms with E-state index in [-0.39, 0.29) is 0 Å². The molecule has 0 aliphatic rings. The Labute approximate surface area is 217 Å². The average molecular weight is 484 g/mol. The highest BCUT2D eigenvalue weighted by Gasteiger charge is 2.17. The number of para-hydroxylation sites is 2. The van der Waals surface area contributed by atoms with E-state index in [1.165, 1.54) is 43.6 Å². The van der Waals surface area contributed by atoms with Gasteiger partial charge in [0.1, 0.15) is 0 Å². The highest BCUT2D eigenvalue weighted by atomic mass is 15.0. The maximum Gasteiger partial charge on any atom is 0.0788 e. The van der Waals surface area contributed by atoms with E-state index in [0.717, 1.165) is 32.6 Å². The summed E-state index contributed by atoms with van der Waals surface area (Å²) in [4.78, 5) is 4.65. The molecule has 9 aromatic rings. The largest absolute Gasteiger partial charge is 0.307 e. The van der Waals surface area contributed by atoms with Crippen LogP contribution in [0.15, 0.2) is 128 Å². The highest BCUT2D eigenvalue weighted by molar-refractivity contribution is 6.23. The number of benzene rings is 5. The van der Waals surface area contributed by atoms with Gasteiger partial charge in [-0.1, -0.05) is 72.8 Å². The van der Waals surface area contributed by atoms with Crippen LogP contribution in [0.4, 0.5) is 0 Å². The summed E-state index contributed by atoms with van der Waals surface area (Å²) < 4.78 is 4.90. The summed E-state index contributed by atoms with van der Waals surface area (Å²) in [6.07, 6.45) is 3.93. The Balaban J connectivity index is 1.76. The normalized spacial score (nSPS) is 12.2. The van der Waals surface area contributed by atoms with Gasteiger partial charge in [-0.15, -0.1) is 0 Å². The van der Waals surface area contributed by atoms with Crippen molar-refractivity contribution in [3.8, 4) is 0 Å². The van der Waals surface area contributed by atoms with Gasteiger partial charge in [0.25, 0.3) is 0 Å². The van der Waals surface area contributed by atoms with Crippen LogP contribution in [-0.2, 0) is 0 Å². The van der Waals surface area contributed by atoms with Crippen LogP contribution in [0.25, 0.3) is 76.2 Å². The minimum atomic E-state index is 1.12. The van der Waals surface area contributed by atoms with Crippen LogP contribution >= 0.6 is 0 Å². The number of nitrogens with zero attached hydrogens (tertiary/aromatic N) is 3. The van der Waals surface area contributed by atoms with Gasteiger partial charge in [0, 0.05) is 55.7 Å². The molecule has 9 rings (SSSR count). The van der Waals surface area contributed by atoms with Crippen LogP contribution < -0.4 is 0 Å². The third-order valence-corrected chi connectivity index (χ3v) is 8.08. The first-order valence-electron chi connectivity index (χ1n) is 13.0. The van der Waals surface area contributed by atoms with E-state index in [2.05, 4.69) is 129 Å². The summed E-state index contributed by atoms with van der Waals surface area (Å²) in [6.45, 7) is 0. The predicted molar refractivity (Wildman–Crippen MR) is 160 cm³/mol. The molecule has 4 aromatic heterocycles. The van der Waals surface area contributed by atoms with Gasteiger partial charge in [-0.25, -0.2) is 0 Å². The average Bonchev–Trinajstić information content (AvgIpc) is 3.50. The third kappa shape index (κ3) is 2.55. The van der Waals surface area contributed by atoms with Crippen molar-refractivity contribution in [2.75, 3.05) is 0 Å². The maximum atomic E-state index is 4.65. The van der Waals surface area contributed by atoms with E-state index in [9.17, 15) is 0 Å². The fourth-order valence-corrected chi connectivity index (χ4v) is 6.44. The molecule has 0 unspecified atom stereocenters. The summed E-state index contributed by atoms with van der Waals surface area (Å²) in [5.41, 5.74) is 7.17. The highest BCUT2D eigenvalue weighted by Crippen LogP contribution is 2.39. The molecule has 3 heteroatoms. The quantitative estimate of drug-likeness (QED) is 0.211. The molecule has 0 N–H and O–H groups in total. The van der Waals surface area contributed by atoms with Crippen LogP contribution in [-0.4, -0.2) is 13.8 Å². The monoisotopic (exact) mass is 483 g/mol. The zero-order valence-electron chi connectivity index (χ0n) is 20.5. The molecule has 0 spiro atoms. The second-order valence-corrected chi connectivity index (χ2v) is 10.1. The van der Waals surface area contributed by atoms with Crippen molar-refractivity contribution in [2.24, 2.45) is 0 Å². The van der Waals surface area contributed by atoms with Crippen molar-refractivity contribution in [1.29, 1.82) is 0 Å². The Hall–Kier alpha value is -5.15.